The first-order chi connectivity index (χ1) is 9.58. The number of carbonyl (C=O) groups excluding carboxylic acids is 2. The van der Waals surface area contributed by atoms with Crippen LogP contribution >= 0.6 is 0 Å². The Morgan fingerprint density at radius 2 is 2.25 bits per heavy atom. The number of piperazine rings is 1. The number of benzene rings is 1. The first-order valence-corrected chi connectivity index (χ1v) is 6.95. The van der Waals surface area contributed by atoms with E-state index in [-0.39, 0.29) is 17.9 Å². The Balaban J connectivity index is 2.34. The number of hydrogen-bond donors (Lipinski definition) is 2. The summed E-state index contributed by atoms with van der Waals surface area (Å²) in [5.74, 6) is -0.148. The third-order valence-corrected chi connectivity index (χ3v) is 3.65. The van der Waals surface area contributed by atoms with Crippen molar-refractivity contribution in [2.24, 2.45) is 0 Å². The molecule has 1 fully saturated rings. The number of amides is 2. The van der Waals surface area contributed by atoms with Crippen molar-refractivity contribution in [3.8, 4) is 0 Å². The zero-order valence-electron chi connectivity index (χ0n) is 12.2. The van der Waals surface area contributed by atoms with Gasteiger partial charge in [-0.05, 0) is 25.5 Å². The molecule has 1 aliphatic rings. The molecule has 2 rings (SSSR count). The molecule has 1 aliphatic heterocycles. The molecule has 5 heteroatoms. The van der Waals surface area contributed by atoms with E-state index in [0.717, 1.165) is 11.3 Å². The molecule has 2 amide bonds. The summed E-state index contributed by atoms with van der Waals surface area (Å²) in [6, 6.07) is 5.35. The van der Waals surface area contributed by atoms with E-state index in [9.17, 15) is 9.59 Å². The molecule has 5 nitrogen and oxygen atoms in total. The van der Waals surface area contributed by atoms with Crippen molar-refractivity contribution >= 4 is 17.5 Å². The Morgan fingerprint density at radius 1 is 1.50 bits per heavy atom. The van der Waals surface area contributed by atoms with Gasteiger partial charge < -0.3 is 15.5 Å². The second-order valence-electron chi connectivity index (χ2n) is 5.01. The van der Waals surface area contributed by atoms with Gasteiger partial charge in [0.05, 0.1) is 5.56 Å². The molecule has 0 bridgehead atoms. The minimum atomic E-state index is -0.374. The van der Waals surface area contributed by atoms with Crippen LogP contribution in [-0.4, -0.2) is 42.9 Å². The summed E-state index contributed by atoms with van der Waals surface area (Å²) in [6.45, 7) is 4.95. The minimum Gasteiger partial charge on any atom is -0.387 e. The van der Waals surface area contributed by atoms with Crippen molar-refractivity contribution in [1.29, 1.82) is 0 Å². The molecule has 1 saturated heterocycles. The lowest BCUT2D eigenvalue weighted by atomic mass is 10.0. The molecule has 0 radical (unpaired) electrons. The lowest BCUT2D eigenvalue weighted by molar-refractivity contribution is -0.127. The highest BCUT2D eigenvalue weighted by Crippen LogP contribution is 2.21. The molecule has 108 valence electrons. The molecule has 20 heavy (non-hydrogen) atoms. The van der Waals surface area contributed by atoms with Crippen LogP contribution < -0.4 is 10.6 Å². The molecule has 1 atom stereocenters. The highest BCUT2D eigenvalue weighted by molar-refractivity contribution is 6.02. The Kier molecular flexibility index (Phi) is 4.27. The Hall–Kier alpha value is -2.04. The number of nitrogens with one attached hydrogen (secondary N) is 2. The predicted octanol–water partition coefficient (Wildman–Crippen LogP) is 1.39. The summed E-state index contributed by atoms with van der Waals surface area (Å²) in [5.41, 5.74) is 2.45. The predicted molar refractivity (Wildman–Crippen MR) is 78.9 cm³/mol. The third-order valence-electron chi connectivity index (χ3n) is 3.65. The van der Waals surface area contributed by atoms with Gasteiger partial charge in [-0.25, -0.2) is 0 Å². The first-order valence-electron chi connectivity index (χ1n) is 6.95. The van der Waals surface area contributed by atoms with Gasteiger partial charge in [0.2, 0.25) is 5.91 Å². The van der Waals surface area contributed by atoms with Crippen molar-refractivity contribution in [2.75, 3.05) is 25.5 Å². The van der Waals surface area contributed by atoms with Crippen molar-refractivity contribution in [2.45, 2.75) is 26.3 Å². The van der Waals surface area contributed by atoms with Gasteiger partial charge in [-0.2, -0.15) is 0 Å². The standard InChI is InChI=1S/C15H21N3O2/c1-4-13-14(19)17-7-8-18(13)15(20)11-9-10(2)5-6-12(11)16-3/h5-6,9,13,16H,4,7-8H2,1-3H3,(H,17,19). The molecule has 1 aromatic carbocycles. The molecule has 2 N–H and O–H groups in total. The molecule has 1 unspecified atom stereocenters. The van der Waals surface area contributed by atoms with Gasteiger partial charge in [0, 0.05) is 25.8 Å². The van der Waals surface area contributed by atoms with Crippen LogP contribution in [0.5, 0.6) is 0 Å². The zero-order valence-corrected chi connectivity index (χ0v) is 12.2. The quantitative estimate of drug-likeness (QED) is 0.876. The summed E-state index contributed by atoms with van der Waals surface area (Å²) in [4.78, 5) is 26.3. The number of anilines is 1. The summed E-state index contributed by atoms with van der Waals surface area (Å²) >= 11 is 0. The van der Waals surface area contributed by atoms with Crippen molar-refractivity contribution in [3.05, 3.63) is 29.3 Å². The van der Waals surface area contributed by atoms with E-state index in [4.69, 9.17) is 0 Å². The maximum Gasteiger partial charge on any atom is 0.256 e. The monoisotopic (exact) mass is 275 g/mol. The van der Waals surface area contributed by atoms with Gasteiger partial charge in [0.15, 0.2) is 0 Å². The van der Waals surface area contributed by atoms with Gasteiger partial charge in [-0.1, -0.05) is 18.6 Å². The molecule has 0 aromatic heterocycles. The van der Waals surface area contributed by atoms with Crippen LogP contribution in [0.1, 0.15) is 29.3 Å². The maximum atomic E-state index is 12.8. The highest BCUT2D eigenvalue weighted by Gasteiger charge is 2.32. The molecular weight excluding hydrogens is 254 g/mol. The number of rotatable bonds is 3. The van der Waals surface area contributed by atoms with Crippen LogP contribution in [0.4, 0.5) is 5.69 Å². The van der Waals surface area contributed by atoms with Crippen LogP contribution in [0.2, 0.25) is 0 Å². The Morgan fingerprint density at radius 3 is 2.90 bits per heavy atom. The Labute approximate surface area is 119 Å². The summed E-state index contributed by atoms with van der Waals surface area (Å²) in [5, 5.41) is 5.85. The van der Waals surface area contributed by atoms with Gasteiger partial charge in [0.25, 0.3) is 5.91 Å². The van der Waals surface area contributed by atoms with E-state index < -0.39 is 0 Å². The van der Waals surface area contributed by atoms with Crippen LogP contribution in [-0.2, 0) is 4.79 Å². The van der Waals surface area contributed by atoms with E-state index >= 15 is 0 Å². The van der Waals surface area contributed by atoms with E-state index in [0.29, 0.717) is 25.1 Å². The Bertz CT molecular complexity index is 528. The fourth-order valence-corrected chi connectivity index (χ4v) is 2.57. The lowest BCUT2D eigenvalue weighted by Crippen LogP contribution is -2.56. The topological polar surface area (TPSA) is 61.4 Å². The maximum absolute atomic E-state index is 12.8. The van der Waals surface area contributed by atoms with Gasteiger partial charge in [0.1, 0.15) is 6.04 Å². The van der Waals surface area contributed by atoms with Crippen LogP contribution in [0.25, 0.3) is 0 Å². The first kappa shape index (κ1) is 14.4. The normalized spacial score (nSPS) is 18.6. The minimum absolute atomic E-state index is 0.0641. The average molecular weight is 275 g/mol. The molecule has 1 heterocycles. The third kappa shape index (κ3) is 2.61. The van der Waals surface area contributed by atoms with Crippen molar-refractivity contribution in [3.63, 3.8) is 0 Å². The van der Waals surface area contributed by atoms with E-state index in [2.05, 4.69) is 10.6 Å². The fourth-order valence-electron chi connectivity index (χ4n) is 2.57. The average Bonchev–Trinajstić information content (AvgIpc) is 2.46. The number of nitrogens with zero attached hydrogens (tertiary/aromatic N) is 1. The number of carbonyl (C=O) groups is 2. The molecular formula is C15H21N3O2. The zero-order chi connectivity index (χ0) is 14.7. The van der Waals surface area contributed by atoms with E-state index in [1.807, 2.05) is 32.0 Å². The van der Waals surface area contributed by atoms with Gasteiger partial charge in [-0.3, -0.25) is 9.59 Å². The molecule has 0 spiro atoms. The summed E-state index contributed by atoms with van der Waals surface area (Å²) in [7, 11) is 1.79. The second-order valence-corrected chi connectivity index (χ2v) is 5.01. The molecule has 0 aliphatic carbocycles. The van der Waals surface area contributed by atoms with Crippen molar-refractivity contribution in [1.82, 2.24) is 10.2 Å². The smallest absolute Gasteiger partial charge is 0.256 e. The van der Waals surface area contributed by atoms with Crippen LogP contribution in [0.15, 0.2) is 18.2 Å². The van der Waals surface area contributed by atoms with Gasteiger partial charge in [-0.15, -0.1) is 0 Å². The van der Waals surface area contributed by atoms with E-state index in [1.165, 1.54) is 0 Å². The highest BCUT2D eigenvalue weighted by atomic mass is 16.2. The SMILES string of the molecule is CCC1C(=O)NCCN1C(=O)c1cc(C)ccc1NC. The van der Waals surface area contributed by atoms with Crippen LogP contribution in [0, 0.1) is 6.92 Å². The summed E-state index contributed by atoms with van der Waals surface area (Å²) < 4.78 is 0. The summed E-state index contributed by atoms with van der Waals surface area (Å²) in [6.07, 6.45) is 0.623. The lowest BCUT2D eigenvalue weighted by Gasteiger charge is -2.35. The number of hydrogen-bond acceptors (Lipinski definition) is 3. The van der Waals surface area contributed by atoms with E-state index in [1.54, 1.807) is 11.9 Å². The second kappa shape index (κ2) is 5.94. The molecule has 0 saturated carbocycles. The van der Waals surface area contributed by atoms with Crippen LogP contribution in [0.3, 0.4) is 0 Å². The van der Waals surface area contributed by atoms with Gasteiger partial charge >= 0.3 is 0 Å². The number of aryl methyl sites for hydroxylation is 1. The van der Waals surface area contributed by atoms with Crippen molar-refractivity contribution < 1.29 is 9.59 Å². The largest absolute Gasteiger partial charge is 0.387 e. The molecule has 1 aromatic rings. The fraction of sp³-hybridized carbons (Fsp3) is 0.467.